The van der Waals surface area contributed by atoms with E-state index in [1.54, 1.807) is 24.3 Å². The fourth-order valence-corrected chi connectivity index (χ4v) is 1.81. The predicted octanol–water partition coefficient (Wildman–Crippen LogP) is 1.98. The van der Waals surface area contributed by atoms with Crippen LogP contribution in [-0.2, 0) is 4.79 Å². The molecule has 0 saturated carbocycles. The first-order valence-corrected chi connectivity index (χ1v) is 5.42. The largest absolute Gasteiger partial charge is 0.497 e. The first-order chi connectivity index (χ1) is 8.19. The highest BCUT2D eigenvalue weighted by atomic mass is 35.5. The van der Waals surface area contributed by atoms with Gasteiger partial charge in [-0.15, -0.1) is 0 Å². The molecular weight excluding hydrogens is 242 g/mol. The van der Waals surface area contributed by atoms with E-state index in [4.69, 9.17) is 16.3 Å². The normalized spacial score (nSPS) is 14.6. The second kappa shape index (κ2) is 4.59. The zero-order chi connectivity index (χ0) is 12.4. The van der Waals surface area contributed by atoms with Crippen molar-refractivity contribution in [3.8, 4) is 5.75 Å². The Bertz CT molecular complexity index is 510. The predicted molar refractivity (Wildman–Crippen MR) is 64.7 cm³/mol. The molecular formula is C12H10ClNO3. The number of carbonyl (C=O) groups is 2. The maximum absolute atomic E-state index is 11.7. The lowest BCUT2D eigenvalue weighted by molar-refractivity contribution is -0.114. The third-order valence-electron chi connectivity index (χ3n) is 2.56. The zero-order valence-electron chi connectivity index (χ0n) is 9.14. The number of anilines is 1. The molecule has 5 heteroatoms. The Balaban J connectivity index is 2.45. The van der Waals surface area contributed by atoms with E-state index in [-0.39, 0.29) is 6.54 Å². The molecule has 2 rings (SSSR count). The molecule has 0 radical (unpaired) electrons. The summed E-state index contributed by atoms with van der Waals surface area (Å²) < 4.78 is 5.07. The van der Waals surface area contributed by atoms with Gasteiger partial charge in [-0.1, -0.05) is 17.7 Å². The molecule has 0 unspecified atom stereocenters. The summed E-state index contributed by atoms with van der Waals surface area (Å²) in [6.45, 7) is 0.272. The summed E-state index contributed by atoms with van der Waals surface area (Å²) in [5, 5.41) is 0. The van der Waals surface area contributed by atoms with E-state index in [1.807, 2.05) is 0 Å². The Morgan fingerprint density at radius 1 is 1.41 bits per heavy atom. The summed E-state index contributed by atoms with van der Waals surface area (Å²) in [7, 11) is 1.53. The fourth-order valence-electron chi connectivity index (χ4n) is 1.73. The second-order valence-corrected chi connectivity index (χ2v) is 3.74. The van der Waals surface area contributed by atoms with Crippen molar-refractivity contribution in [2.75, 3.05) is 18.6 Å². The average Bonchev–Trinajstić information content (AvgIpc) is 2.59. The van der Waals surface area contributed by atoms with E-state index < -0.39 is 11.7 Å². The second-order valence-electron chi connectivity index (χ2n) is 3.49. The average molecular weight is 252 g/mol. The molecule has 1 aromatic carbocycles. The molecule has 0 fully saturated rings. The topological polar surface area (TPSA) is 46.6 Å². The van der Waals surface area contributed by atoms with Gasteiger partial charge in [0.25, 0.3) is 11.7 Å². The quantitative estimate of drug-likeness (QED) is 0.772. The van der Waals surface area contributed by atoms with Crippen LogP contribution in [0.5, 0.6) is 5.75 Å². The summed E-state index contributed by atoms with van der Waals surface area (Å²) >= 11 is 5.42. The van der Waals surface area contributed by atoms with Crippen LogP contribution in [0.3, 0.4) is 0 Å². The van der Waals surface area contributed by atoms with Gasteiger partial charge in [-0.2, -0.15) is 0 Å². The molecule has 17 heavy (non-hydrogen) atoms. The van der Waals surface area contributed by atoms with Crippen LogP contribution in [0.1, 0.15) is 10.4 Å². The van der Waals surface area contributed by atoms with Crippen molar-refractivity contribution < 1.29 is 14.3 Å². The van der Waals surface area contributed by atoms with Crippen molar-refractivity contribution in [3.63, 3.8) is 0 Å². The van der Waals surface area contributed by atoms with Gasteiger partial charge in [0.15, 0.2) is 0 Å². The summed E-state index contributed by atoms with van der Waals surface area (Å²) in [5.41, 5.74) is 2.28. The number of hydrogen-bond donors (Lipinski definition) is 0. The smallest absolute Gasteiger partial charge is 0.299 e. The van der Waals surface area contributed by atoms with Gasteiger partial charge in [-0.25, -0.2) is 0 Å². The van der Waals surface area contributed by atoms with Crippen LogP contribution in [-0.4, -0.2) is 25.3 Å². The van der Waals surface area contributed by atoms with Crippen LogP contribution in [0.15, 0.2) is 29.8 Å². The monoisotopic (exact) mass is 251 g/mol. The third kappa shape index (κ3) is 1.91. The Kier molecular flexibility index (Phi) is 3.15. The van der Waals surface area contributed by atoms with Crippen LogP contribution >= 0.6 is 11.6 Å². The highest BCUT2D eigenvalue weighted by Crippen LogP contribution is 2.32. The molecule has 1 heterocycles. The van der Waals surface area contributed by atoms with Crippen LogP contribution in [0.2, 0.25) is 0 Å². The van der Waals surface area contributed by atoms with Crippen molar-refractivity contribution >= 4 is 29.0 Å². The SMILES string of the molecule is COc1ccc2c(c1)N(C/C=C/Cl)C(=O)C2=O. The van der Waals surface area contributed by atoms with E-state index in [2.05, 4.69) is 0 Å². The summed E-state index contributed by atoms with van der Waals surface area (Å²) in [5.74, 6) is -0.431. The number of benzene rings is 1. The van der Waals surface area contributed by atoms with Crippen molar-refractivity contribution in [1.29, 1.82) is 0 Å². The molecule has 0 spiro atoms. The first-order valence-electron chi connectivity index (χ1n) is 4.98. The van der Waals surface area contributed by atoms with Crippen LogP contribution < -0.4 is 9.64 Å². The highest BCUT2D eigenvalue weighted by Gasteiger charge is 2.35. The molecule has 0 aliphatic carbocycles. The maximum atomic E-state index is 11.7. The van der Waals surface area contributed by atoms with Crippen LogP contribution in [0, 0.1) is 0 Å². The van der Waals surface area contributed by atoms with Gasteiger partial charge >= 0.3 is 0 Å². The van der Waals surface area contributed by atoms with Gasteiger partial charge in [0.2, 0.25) is 0 Å². The number of amides is 1. The molecule has 1 aromatic rings. The van der Waals surface area contributed by atoms with Gasteiger partial charge in [-0.3, -0.25) is 9.59 Å². The third-order valence-corrected chi connectivity index (χ3v) is 2.73. The molecule has 1 aliphatic rings. The lowest BCUT2D eigenvalue weighted by atomic mass is 10.1. The maximum Gasteiger partial charge on any atom is 0.299 e. The Hall–Kier alpha value is -1.81. The number of fused-ring (bicyclic) bond motifs is 1. The summed E-state index contributed by atoms with van der Waals surface area (Å²) in [4.78, 5) is 24.8. The minimum atomic E-state index is -0.539. The number of hydrogen-bond acceptors (Lipinski definition) is 3. The summed E-state index contributed by atoms with van der Waals surface area (Å²) in [6, 6.07) is 4.92. The molecule has 0 aromatic heterocycles. The van der Waals surface area contributed by atoms with Gasteiger partial charge < -0.3 is 9.64 Å². The molecule has 0 bridgehead atoms. The Morgan fingerprint density at radius 2 is 2.18 bits per heavy atom. The number of carbonyl (C=O) groups excluding carboxylic acids is 2. The Labute approximate surface area is 103 Å². The number of halogens is 1. The fraction of sp³-hybridized carbons (Fsp3) is 0.167. The van der Waals surface area contributed by atoms with E-state index in [1.165, 1.54) is 17.5 Å². The van der Waals surface area contributed by atoms with Crippen molar-refractivity contribution in [1.82, 2.24) is 0 Å². The molecule has 0 atom stereocenters. The first kappa shape index (κ1) is 11.7. The van der Waals surface area contributed by atoms with Crippen LogP contribution in [0.25, 0.3) is 0 Å². The van der Waals surface area contributed by atoms with E-state index in [0.29, 0.717) is 17.0 Å². The summed E-state index contributed by atoms with van der Waals surface area (Å²) in [6.07, 6.45) is 1.60. The number of ketones is 1. The van der Waals surface area contributed by atoms with E-state index in [0.717, 1.165) is 0 Å². The Morgan fingerprint density at radius 3 is 2.82 bits per heavy atom. The molecule has 0 N–H and O–H groups in total. The van der Waals surface area contributed by atoms with E-state index >= 15 is 0 Å². The number of methoxy groups -OCH3 is 1. The van der Waals surface area contributed by atoms with Crippen molar-refractivity contribution in [2.24, 2.45) is 0 Å². The lowest BCUT2D eigenvalue weighted by Crippen LogP contribution is -2.29. The number of rotatable bonds is 3. The zero-order valence-corrected chi connectivity index (χ0v) is 9.90. The van der Waals surface area contributed by atoms with Crippen LogP contribution in [0.4, 0.5) is 5.69 Å². The van der Waals surface area contributed by atoms with Gasteiger partial charge in [0, 0.05) is 18.1 Å². The molecule has 1 aliphatic heterocycles. The van der Waals surface area contributed by atoms with Crippen molar-refractivity contribution in [3.05, 3.63) is 35.4 Å². The number of ether oxygens (including phenoxy) is 1. The molecule has 0 saturated heterocycles. The van der Waals surface area contributed by atoms with E-state index in [9.17, 15) is 9.59 Å². The number of Topliss-reactive ketones (excluding diaryl/α,β-unsaturated/α-hetero) is 1. The molecule has 88 valence electrons. The van der Waals surface area contributed by atoms with Gasteiger partial charge in [0.05, 0.1) is 18.4 Å². The van der Waals surface area contributed by atoms with Gasteiger partial charge in [0.1, 0.15) is 5.75 Å². The lowest BCUT2D eigenvalue weighted by Gasteiger charge is -2.14. The molecule has 4 nitrogen and oxygen atoms in total. The minimum Gasteiger partial charge on any atom is -0.497 e. The van der Waals surface area contributed by atoms with Crippen molar-refractivity contribution in [2.45, 2.75) is 0 Å². The standard InChI is InChI=1S/C12H10ClNO3/c1-17-8-3-4-9-10(7-8)14(6-2-5-13)12(16)11(9)15/h2-5,7H,6H2,1H3/b5-2+. The molecule has 1 amide bonds. The minimum absolute atomic E-state index is 0.272. The van der Waals surface area contributed by atoms with Gasteiger partial charge in [-0.05, 0) is 12.1 Å². The number of nitrogens with zero attached hydrogens (tertiary/aromatic N) is 1. The highest BCUT2D eigenvalue weighted by molar-refractivity contribution is 6.52.